The first kappa shape index (κ1) is 12.6. The summed E-state index contributed by atoms with van der Waals surface area (Å²) in [6.07, 6.45) is 0.290. The van der Waals surface area contributed by atoms with Gasteiger partial charge in [0.1, 0.15) is 0 Å². The highest BCUT2D eigenvalue weighted by Crippen LogP contribution is 2.27. The van der Waals surface area contributed by atoms with Gasteiger partial charge in [0.25, 0.3) is 0 Å². The van der Waals surface area contributed by atoms with Gasteiger partial charge in [-0.3, -0.25) is 4.79 Å². The largest absolute Gasteiger partial charge is 0.466 e. The predicted octanol–water partition coefficient (Wildman–Crippen LogP) is 2.29. The molecular weight excluding hydrogens is 228 g/mol. The fraction of sp³-hybridized carbons (Fsp3) is 0.364. The van der Waals surface area contributed by atoms with Crippen LogP contribution in [0.4, 0.5) is 11.4 Å². The summed E-state index contributed by atoms with van der Waals surface area (Å²) in [4.78, 5) is 11.1. The first-order chi connectivity index (χ1) is 7.65. The fourth-order valence-corrected chi connectivity index (χ4v) is 1.50. The van der Waals surface area contributed by atoms with E-state index in [0.29, 0.717) is 36.0 Å². The highest BCUT2D eigenvalue weighted by atomic mass is 35.5. The van der Waals surface area contributed by atoms with Gasteiger partial charge < -0.3 is 15.8 Å². The van der Waals surface area contributed by atoms with Crippen molar-refractivity contribution in [2.24, 2.45) is 0 Å². The number of nitrogens with two attached hydrogens (primary N) is 1. The van der Waals surface area contributed by atoms with Gasteiger partial charge in [-0.25, -0.2) is 0 Å². The van der Waals surface area contributed by atoms with Gasteiger partial charge in [0.05, 0.1) is 29.4 Å². The first-order valence-electron chi connectivity index (χ1n) is 5.08. The summed E-state index contributed by atoms with van der Waals surface area (Å²) in [6, 6.07) is 5.26. The van der Waals surface area contributed by atoms with Crippen molar-refractivity contribution >= 4 is 28.9 Å². The van der Waals surface area contributed by atoms with E-state index in [-0.39, 0.29) is 5.97 Å². The second-order valence-electron chi connectivity index (χ2n) is 3.19. The van der Waals surface area contributed by atoms with E-state index in [1.165, 1.54) is 0 Å². The second kappa shape index (κ2) is 6.23. The molecular formula is C11H15ClN2O2. The molecule has 1 aromatic carbocycles. The zero-order valence-electron chi connectivity index (χ0n) is 9.13. The monoisotopic (exact) mass is 242 g/mol. The Morgan fingerprint density at radius 3 is 2.94 bits per heavy atom. The van der Waals surface area contributed by atoms with Gasteiger partial charge in [0, 0.05) is 6.54 Å². The number of halogens is 1. The number of para-hydroxylation sites is 1. The van der Waals surface area contributed by atoms with Crippen molar-refractivity contribution < 1.29 is 9.53 Å². The van der Waals surface area contributed by atoms with E-state index in [1.807, 2.05) is 0 Å². The number of hydrogen-bond acceptors (Lipinski definition) is 4. The molecule has 0 radical (unpaired) electrons. The lowest BCUT2D eigenvalue weighted by atomic mass is 10.2. The molecule has 88 valence electrons. The van der Waals surface area contributed by atoms with E-state index in [4.69, 9.17) is 22.1 Å². The normalized spacial score (nSPS) is 9.88. The Morgan fingerprint density at radius 1 is 1.56 bits per heavy atom. The number of nitrogens with one attached hydrogen (secondary N) is 1. The van der Waals surface area contributed by atoms with Crippen LogP contribution in [-0.4, -0.2) is 19.1 Å². The van der Waals surface area contributed by atoms with Crippen molar-refractivity contribution in [3.8, 4) is 0 Å². The van der Waals surface area contributed by atoms with E-state index in [1.54, 1.807) is 25.1 Å². The van der Waals surface area contributed by atoms with Crippen LogP contribution in [0.1, 0.15) is 13.3 Å². The number of anilines is 2. The van der Waals surface area contributed by atoms with Crippen molar-refractivity contribution in [3.63, 3.8) is 0 Å². The van der Waals surface area contributed by atoms with Crippen LogP contribution in [0.25, 0.3) is 0 Å². The molecule has 0 saturated carbocycles. The third kappa shape index (κ3) is 3.62. The van der Waals surface area contributed by atoms with Crippen LogP contribution in [0.3, 0.4) is 0 Å². The SMILES string of the molecule is CCOC(=O)CCNc1c(N)cccc1Cl. The number of carbonyl (C=O) groups is 1. The molecule has 16 heavy (non-hydrogen) atoms. The van der Waals surface area contributed by atoms with Crippen LogP contribution in [0, 0.1) is 0 Å². The van der Waals surface area contributed by atoms with E-state index in [9.17, 15) is 4.79 Å². The minimum absolute atomic E-state index is 0.236. The van der Waals surface area contributed by atoms with Crippen molar-refractivity contribution in [1.29, 1.82) is 0 Å². The molecule has 5 heteroatoms. The Labute approximate surface area is 99.7 Å². The lowest BCUT2D eigenvalue weighted by molar-refractivity contribution is -0.142. The highest BCUT2D eigenvalue weighted by molar-refractivity contribution is 6.33. The highest BCUT2D eigenvalue weighted by Gasteiger charge is 2.05. The molecule has 0 aromatic heterocycles. The summed E-state index contributed by atoms with van der Waals surface area (Å²) in [5.41, 5.74) is 6.96. The van der Waals surface area contributed by atoms with Crippen molar-refractivity contribution in [2.75, 3.05) is 24.2 Å². The van der Waals surface area contributed by atoms with Crippen LogP contribution in [0.5, 0.6) is 0 Å². The summed E-state index contributed by atoms with van der Waals surface area (Å²) >= 11 is 5.95. The van der Waals surface area contributed by atoms with Crippen LogP contribution in [0.15, 0.2) is 18.2 Å². The Bertz CT molecular complexity index is 349. The number of rotatable bonds is 5. The number of ether oxygens (including phenoxy) is 1. The Morgan fingerprint density at radius 2 is 2.31 bits per heavy atom. The van der Waals surface area contributed by atoms with Crippen LogP contribution in [-0.2, 0) is 9.53 Å². The molecule has 0 aliphatic carbocycles. The van der Waals surface area contributed by atoms with E-state index in [0.717, 1.165) is 0 Å². The van der Waals surface area contributed by atoms with E-state index < -0.39 is 0 Å². The van der Waals surface area contributed by atoms with Crippen LogP contribution < -0.4 is 11.1 Å². The summed E-state index contributed by atoms with van der Waals surface area (Å²) < 4.78 is 4.80. The molecule has 0 heterocycles. The van der Waals surface area contributed by atoms with Gasteiger partial charge in [0.15, 0.2) is 0 Å². The molecule has 0 fully saturated rings. The first-order valence-corrected chi connectivity index (χ1v) is 5.46. The standard InChI is InChI=1S/C11H15ClN2O2/c1-2-16-10(15)6-7-14-11-8(12)4-3-5-9(11)13/h3-5,14H,2,6-7,13H2,1H3. The predicted molar refractivity (Wildman–Crippen MR) is 65.6 cm³/mol. The quantitative estimate of drug-likeness (QED) is 0.614. The summed E-state index contributed by atoms with van der Waals surface area (Å²) in [5.74, 6) is -0.236. The van der Waals surface area contributed by atoms with Gasteiger partial charge in [-0.15, -0.1) is 0 Å². The van der Waals surface area contributed by atoms with Crippen molar-refractivity contribution in [2.45, 2.75) is 13.3 Å². The zero-order valence-corrected chi connectivity index (χ0v) is 9.88. The maximum absolute atomic E-state index is 11.1. The van der Waals surface area contributed by atoms with Gasteiger partial charge in [-0.05, 0) is 19.1 Å². The molecule has 1 rings (SSSR count). The number of benzene rings is 1. The second-order valence-corrected chi connectivity index (χ2v) is 3.59. The summed E-state index contributed by atoms with van der Waals surface area (Å²) in [6.45, 7) is 2.62. The molecule has 0 unspecified atom stereocenters. The minimum atomic E-state index is -0.236. The minimum Gasteiger partial charge on any atom is -0.466 e. The van der Waals surface area contributed by atoms with Gasteiger partial charge in [0.2, 0.25) is 0 Å². The van der Waals surface area contributed by atoms with Crippen molar-refractivity contribution in [3.05, 3.63) is 23.2 Å². The smallest absolute Gasteiger partial charge is 0.307 e. The lowest BCUT2D eigenvalue weighted by Gasteiger charge is -2.10. The Balaban J connectivity index is 2.46. The van der Waals surface area contributed by atoms with E-state index >= 15 is 0 Å². The number of nitrogen functional groups attached to an aromatic ring is 1. The number of carbonyl (C=O) groups excluding carboxylic acids is 1. The molecule has 0 amide bonds. The van der Waals surface area contributed by atoms with E-state index in [2.05, 4.69) is 5.32 Å². The summed E-state index contributed by atoms with van der Waals surface area (Å²) in [7, 11) is 0. The molecule has 0 spiro atoms. The average Bonchev–Trinajstić information content (AvgIpc) is 2.23. The maximum Gasteiger partial charge on any atom is 0.307 e. The molecule has 0 bridgehead atoms. The Kier molecular flexibility index (Phi) is 4.92. The van der Waals surface area contributed by atoms with Gasteiger partial charge >= 0.3 is 5.97 Å². The molecule has 0 aliphatic rings. The topological polar surface area (TPSA) is 64.3 Å². The Hall–Kier alpha value is -1.42. The fourth-order valence-electron chi connectivity index (χ4n) is 1.25. The molecule has 1 aromatic rings. The zero-order chi connectivity index (χ0) is 12.0. The van der Waals surface area contributed by atoms with Gasteiger partial charge in [-0.1, -0.05) is 17.7 Å². The molecule has 4 nitrogen and oxygen atoms in total. The third-order valence-electron chi connectivity index (χ3n) is 1.98. The third-order valence-corrected chi connectivity index (χ3v) is 2.30. The molecule has 0 atom stereocenters. The molecule has 0 aliphatic heterocycles. The number of esters is 1. The van der Waals surface area contributed by atoms with Crippen LogP contribution in [0.2, 0.25) is 5.02 Å². The van der Waals surface area contributed by atoms with Gasteiger partial charge in [-0.2, -0.15) is 0 Å². The van der Waals surface area contributed by atoms with Crippen molar-refractivity contribution in [1.82, 2.24) is 0 Å². The molecule has 3 N–H and O–H groups in total. The lowest BCUT2D eigenvalue weighted by Crippen LogP contribution is -2.12. The maximum atomic E-state index is 11.1. The number of hydrogen-bond donors (Lipinski definition) is 2. The average molecular weight is 243 g/mol. The van der Waals surface area contributed by atoms with Crippen LogP contribution >= 0.6 is 11.6 Å². The summed E-state index contributed by atoms with van der Waals surface area (Å²) in [5, 5.41) is 3.56. The molecule has 0 saturated heterocycles.